The van der Waals surface area contributed by atoms with Crippen LogP contribution >= 0.6 is 0 Å². The van der Waals surface area contributed by atoms with Crippen molar-refractivity contribution in [3.05, 3.63) is 59.9 Å². The van der Waals surface area contributed by atoms with Gasteiger partial charge in [0.15, 0.2) is 5.96 Å². The Morgan fingerprint density at radius 2 is 1.83 bits per heavy atom. The number of hydrogen-bond acceptors (Lipinski definition) is 5. The van der Waals surface area contributed by atoms with Crippen molar-refractivity contribution in [2.45, 2.75) is 19.6 Å². The number of fused-ring (bicyclic) bond motifs is 1. The lowest BCUT2D eigenvalue weighted by atomic mass is 10.1. The normalized spacial score (nSPS) is 12.6. The van der Waals surface area contributed by atoms with Gasteiger partial charge in [0.05, 0.1) is 33.4 Å². The van der Waals surface area contributed by atoms with Crippen LogP contribution in [0.3, 0.4) is 0 Å². The van der Waals surface area contributed by atoms with Crippen LogP contribution in [-0.2, 0) is 6.54 Å². The predicted molar refractivity (Wildman–Crippen MR) is 118 cm³/mol. The molecular formula is C23H29N3O4. The molecule has 1 atom stereocenters. The van der Waals surface area contributed by atoms with Gasteiger partial charge in [0.1, 0.15) is 22.8 Å². The maximum atomic E-state index is 10.7. The highest BCUT2D eigenvalue weighted by molar-refractivity contribution is 5.80. The summed E-state index contributed by atoms with van der Waals surface area (Å²) in [5, 5.41) is 15.0. The molecule has 0 saturated carbocycles. The summed E-state index contributed by atoms with van der Waals surface area (Å²) in [6, 6.07) is 15.3. The largest absolute Gasteiger partial charge is 0.497 e. The molecule has 2 aromatic carbocycles. The Bertz CT molecular complexity index is 944. The molecule has 0 radical (unpaired) electrons. The molecule has 7 heteroatoms. The number of methoxy groups -OCH3 is 2. The summed E-state index contributed by atoms with van der Waals surface area (Å²) in [5.41, 5.74) is 1.55. The fraction of sp³-hybridized carbons (Fsp3) is 0.348. The van der Waals surface area contributed by atoms with Crippen molar-refractivity contribution < 1.29 is 19.0 Å². The number of ether oxygens (including phenoxy) is 2. The maximum Gasteiger partial charge on any atom is 0.194 e. The van der Waals surface area contributed by atoms with Gasteiger partial charge >= 0.3 is 0 Å². The van der Waals surface area contributed by atoms with Gasteiger partial charge in [-0.15, -0.1) is 0 Å². The van der Waals surface area contributed by atoms with Gasteiger partial charge in [0.2, 0.25) is 0 Å². The van der Waals surface area contributed by atoms with Gasteiger partial charge < -0.3 is 29.2 Å². The second-order valence-corrected chi connectivity index (χ2v) is 6.96. The van der Waals surface area contributed by atoms with Crippen LogP contribution in [0.1, 0.15) is 24.4 Å². The maximum absolute atomic E-state index is 10.7. The van der Waals surface area contributed by atoms with Crippen LogP contribution in [0, 0.1) is 0 Å². The number of aliphatic hydroxyl groups is 1. The zero-order valence-corrected chi connectivity index (χ0v) is 17.9. The lowest BCUT2D eigenvalue weighted by molar-refractivity contribution is 0.185. The number of nitrogens with one attached hydrogen (secondary N) is 1. The van der Waals surface area contributed by atoms with Gasteiger partial charge in [0.25, 0.3) is 0 Å². The monoisotopic (exact) mass is 411 g/mol. The van der Waals surface area contributed by atoms with E-state index in [2.05, 4.69) is 10.3 Å². The van der Waals surface area contributed by atoms with E-state index < -0.39 is 6.10 Å². The van der Waals surface area contributed by atoms with Gasteiger partial charge in [-0.25, -0.2) is 0 Å². The van der Waals surface area contributed by atoms with Gasteiger partial charge in [0, 0.05) is 25.0 Å². The molecule has 0 aliphatic carbocycles. The fourth-order valence-corrected chi connectivity index (χ4v) is 3.19. The Kier molecular flexibility index (Phi) is 7.19. The summed E-state index contributed by atoms with van der Waals surface area (Å²) in [5.74, 6) is 2.79. The van der Waals surface area contributed by atoms with Crippen LogP contribution in [0.4, 0.5) is 0 Å². The minimum absolute atomic E-state index is 0.198. The second-order valence-electron chi connectivity index (χ2n) is 6.96. The third kappa shape index (κ3) is 5.24. The molecule has 1 unspecified atom stereocenters. The fourth-order valence-electron chi connectivity index (χ4n) is 3.19. The van der Waals surface area contributed by atoms with E-state index in [4.69, 9.17) is 13.9 Å². The third-order valence-electron chi connectivity index (χ3n) is 4.74. The first-order valence-electron chi connectivity index (χ1n) is 9.92. The Balaban J connectivity index is 1.72. The summed E-state index contributed by atoms with van der Waals surface area (Å²) < 4.78 is 16.5. The molecule has 2 N–H and O–H groups in total. The predicted octanol–water partition coefficient (Wildman–Crippen LogP) is 3.58. The van der Waals surface area contributed by atoms with Crippen molar-refractivity contribution >= 4 is 16.9 Å². The minimum Gasteiger partial charge on any atom is -0.497 e. The number of para-hydroxylation sites is 1. The van der Waals surface area contributed by atoms with Crippen LogP contribution in [0.15, 0.2) is 57.9 Å². The first kappa shape index (κ1) is 21.5. The topological polar surface area (TPSA) is 79.5 Å². The van der Waals surface area contributed by atoms with Crippen LogP contribution in [0.2, 0.25) is 0 Å². The van der Waals surface area contributed by atoms with Gasteiger partial charge in [-0.2, -0.15) is 0 Å². The number of rotatable bonds is 8. The zero-order chi connectivity index (χ0) is 21.5. The van der Waals surface area contributed by atoms with Crippen LogP contribution < -0.4 is 14.8 Å². The van der Waals surface area contributed by atoms with Crippen molar-refractivity contribution in [3.8, 4) is 11.5 Å². The van der Waals surface area contributed by atoms with Crippen molar-refractivity contribution in [1.29, 1.82) is 0 Å². The molecule has 0 saturated heterocycles. The Morgan fingerprint density at radius 3 is 2.47 bits per heavy atom. The highest BCUT2D eigenvalue weighted by Crippen LogP contribution is 2.26. The summed E-state index contributed by atoms with van der Waals surface area (Å²) in [4.78, 5) is 6.58. The molecule has 0 aliphatic heterocycles. The minimum atomic E-state index is -0.790. The quantitative estimate of drug-likeness (QED) is 0.436. The third-order valence-corrected chi connectivity index (χ3v) is 4.74. The molecule has 1 heterocycles. The van der Waals surface area contributed by atoms with Crippen molar-refractivity contribution in [3.63, 3.8) is 0 Å². The van der Waals surface area contributed by atoms with E-state index in [-0.39, 0.29) is 6.54 Å². The van der Waals surface area contributed by atoms with Gasteiger partial charge in [-0.05, 0) is 36.8 Å². The summed E-state index contributed by atoms with van der Waals surface area (Å²) in [6.07, 6.45) is -0.790. The molecule has 0 bridgehead atoms. The number of furan rings is 1. The second kappa shape index (κ2) is 10.0. The van der Waals surface area contributed by atoms with Crippen LogP contribution in [0.5, 0.6) is 11.5 Å². The van der Waals surface area contributed by atoms with E-state index in [1.54, 1.807) is 32.4 Å². The molecule has 0 amide bonds. The summed E-state index contributed by atoms with van der Waals surface area (Å²) in [6.45, 7) is 3.48. The highest BCUT2D eigenvalue weighted by atomic mass is 16.5. The SMILES string of the molecule is CCNC(=NCC(O)c1cc(OC)cc(OC)c1)N(C)Cc1cc2ccccc2o1. The molecule has 7 nitrogen and oxygen atoms in total. The number of aliphatic hydroxyl groups excluding tert-OH is 1. The molecular weight excluding hydrogens is 382 g/mol. The first-order chi connectivity index (χ1) is 14.5. The Hall–Kier alpha value is -3.19. The number of nitrogens with zero attached hydrogens (tertiary/aromatic N) is 2. The number of benzene rings is 2. The van der Waals surface area contributed by atoms with Crippen LogP contribution in [0.25, 0.3) is 11.0 Å². The Labute approximate surface area is 176 Å². The Morgan fingerprint density at radius 1 is 1.13 bits per heavy atom. The van der Waals surface area contributed by atoms with E-state index in [1.165, 1.54) is 0 Å². The smallest absolute Gasteiger partial charge is 0.194 e. The van der Waals surface area contributed by atoms with E-state index >= 15 is 0 Å². The van der Waals surface area contributed by atoms with Gasteiger partial charge in [-0.1, -0.05) is 18.2 Å². The van der Waals surface area contributed by atoms with Crippen molar-refractivity contribution in [2.75, 3.05) is 34.4 Å². The molecule has 160 valence electrons. The number of hydrogen-bond donors (Lipinski definition) is 2. The first-order valence-corrected chi connectivity index (χ1v) is 9.92. The zero-order valence-electron chi connectivity index (χ0n) is 17.9. The summed E-state index contributed by atoms with van der Waals surface area (Å²) >= 11 is 0. The average molecular weight is 412 g/mol. The molecule has 3 aromatic rings. The highest BCUT2D eigenvalue weighted by Gasteiger charge is 2.14. The molecule has 0 aliphatic rings. The lowest BCUT2D eigenvalue weighted by Crippen LogP contribution is -2.38. The average Bonchev–Trinajstić information content (AvgIpc) is 3.18. The molecule has 30 heavy (non-hydrogen) atoms. The van der Waals surface area contributed by atoms with Crippen LogP contribution in [-0.4, -0.2) is 50.3 Å². The standard InChI is InChI=1S/C23H29N3O4/c1-5-24-23(26(2)15-20-10-16-8-6-7-9-22(16)30-20)25-14-21(27)17-11-18(28-3)13-19(12-17)29-4/h6-13,21,27H,5,14-15H2,1-4H3,(H,24,25). The van der Waals surface area contributed by atoms with Crippen molar-refractivity contribution in [2.24, 2.45) is 4.99 Å². The molecule has 0 fully saturated rings. The van der Waals surface area contributed by atoms with E-state index in [0.29, 0.717) is 36.1 Å². The van der Waals surface area contributed by atoms with E-state index in [9.17, 15) is 5.11 Å². The number of guanidine groups is 1. The number of aliphatic imine (C=N–C) groups is 1. The molecule has 3 rings (SSSR count). The lowest BCUT2D eigenvalue weighted by Gasteiger charge is -2.21. The van der Waals surface area contributed by atoms with E-state index in [1.807, 2.05) is 49.2 Å². The molecule has 0 spiro atoms. The van der Waals surface area contributed by atoms with Crippen molar-refractivity contribution in [1.82, 2.24) is 10.2 Å². The summed E-state index contributed by atoms with van der Waals surface area (Å²) in [7, 11) is 5.11. The molecule has 1 aromatic heterocycles. The van der Waals surface area contributed by atoms with Gasteiger partial charge in [-0.3, -0.25) is 4.99 Å². The van der Waals surface area contributed by atoms with E-state index in [0.717, 1.165) is 16.7 Å².